The van der Waals surface area contributed by atoms with Gasteiger partial charge in [0.05, 0.1) is 11.5 Å². The van der Waals surface area contributed by atoms with Crippen LogP contribution < -0.4 is 0 Å². The summed E-state index contributed by atoms with van der Waals surface area (Å²) in [5.41, 5.74) is 0.778. The van der Waals surface area contributed by atoms with Crippen LogP contribution in [0.25, 0.3) is 0 Å². The van der Waals surface area contributed by atoms with Crippen LogP contribution in [0.15, 0.2) is 24.3 Å². The first-order valence-electron chi connectivity index (χ1n) is 4.53. The maximum absolute atomic E-state index is 10.6. The molecule has 0 atom stereocenters. The molecule has 1 aromatic carbocycles. The number of ether oxygens (including phenoxy) is 1. The van der Waals surface area contributed by atoms with Crippen molar-refractivity contribution in [2.24, 2.45) is 0 Å². The summed E-state index contributed by atoms with van der Waals surface area (Å²) in [7, 11) is 0. The molecule has 0 heterocycles. The van der Waals surface area contributed by atoms with Crippen LogP contribution in [-0.4, -0.2) is 18.0 Å². The van der Waals surface area contributed by atoms with Crippen LogP contribution in [0.5, 0.6) is 0 Å². The van der Waals surface area contributed by atoms with E-state index in [4.69, 9.17) is 0 Å². The first kappa shape index (κ1) is 11.2. The number of carbonyl (C=O) groups excluding carboxylic acids is 1. The van der Waals surface area contributed by atoms with Gasteiger partial charge in [-0.05, 0) is 12.8 Å². The molecule has 0 radical (unpaired) electrons. The quantitative estimate of drug-likeness (QED) is 0.309. The lowest BCUT2D eigenvalue weighted by molar-refractivity contribution is -0.385. The van der Waals surface area contributed by atoms with Crippen LogP contribution in [0.1, 0.15) is 12.0 Å². The minimum absolute atomic E-state index is 0.114. The van der Waals surface area contributed by atoms with Gasteiger partial charge in [-0.2, -0.15) is 0 Å². The van der Waals surface area contributed by atoms with Gasteiger partial charge in [0.15, 0.2) is 0 Å². The number of para-hydroxylation sites is 1. The van der Waals surface area contributed by atoms with E-state index in [-0.39, 0.29) is 12.3 Å². The second-order valence-corrected chi connectivity index (χ2v) is 2.96. The number of hydrogen-bond donors (Lipinski definition) is 0. The number of nitro groups is 1. The van der Waals surface area contributed by atoms with Gasteiger partial charge in [-0.15, -0.1) is 0 Å². The molecule has 0 fully saturated rings. The number of benzene rings is 1. The molecule has 0 spiro atoms. The van der Waals surface area contributed by atoms with E-state index in [1.54, 1.807) is 18.2 Å². The van der Waals surface area contributed by atoms with Gasteiger partial charge in [0.1, 0.15) is 0 Å². The van der Waals surface area contributed by atoms with E-state index < -0.39 is 4.92 Å². The Balaban J connectivity index is 2.59. The highest BCUT2D eigenvalue weighted by Crippen LogP contribution is 2.18. The summed E-state index contributed by atoms with van der Waals surface area (Å²) in [5, 5.41) is 10.6. The van der Waals surface area contributed by atoms with Gasteiger partial charge < -0.3 is 4.74 Å². The third-order valence-corrected chi connectivity index (χ3v) is 1.96. The fourth-order valence-electron chi connectivity index (χ4n) is 1.29. The minimum atomic E-state index is -0.407. The van der Waals surface area contributed by atoms with Crippen molar-refractivity contribution in [2.45, 2.75) is 12.8 Å². The molecule has 0 bridgehead atoms. The topological polar surface area (TPSA) is 69.4 Å². The second-order valence-electron chi connectivity index (χ2n) is 2.96. The van der Waals surface area contributed by atoms with Crippen molar-refractivity contribution in [3.05, 3.63) is 39.9 Å². The Bertz CT molecular complexity index is 351. The Morgan fingerprint density at radius 1 is 1.40 bits per heavy atom. The number of aryl methyl sites for hydroxylation is 1. The van der Waals surface area contributed by atoms with Crippen molar-refractivity contribution in [3.63, 3.8) is 0 Å². The van der Waals surface area contributed by atoms with Crippen molar-refractivity contribution in [2.75, 3.05) is 6.61 Å². The zero-order valence-corrected chi connectivity index (χ0v) is 8.09. The lowest BCUT2D eigenvalue weighted by atomic mass is 10.1. The third kappa shape index (κ3) is 3.38. The third-order valence-electron chi connectivity index (χ3n) is 1.96. The molecule has 0 aromatic heterocycles. The van der Waals surface area contributed by atoms with Crippen LogP contribution in [-0.2, 0) is 16.0 Å². The van der Waals surface area contributed by atoms with E-state index in [1.165, 1.54) is 6.07 Å². The van der Waals surface area contributed by atoms with E-state index in [0.717, 1.165) is 0 Å². The van der Waals surface area contributed by atoms with Gasteiger partial charge in [0, 0.05) is 11.6 Å². The van der Waals surface area contributed by atoms with Gasteiger partial charge in [-0.3, -0.25) is 14.9 Å². The smallest absolute Gasteiger partial charge is 0.293 e. The maximum atomic E-state index is 10.6. The fraction of sp³-hybridized carbons (Fsp3) is 0.300. The Hall–Kier alpha value is -1.91. The van der Waals surface area contributed by atoms with Crippen molar-refractivity contribution >= 4 is 12.2 Å². The second kappa shape index (κ2) is 5.74. The molecule has 0 unspecified atom stereocenters. The molecule has 0 saturated heterocycles. The number of rotatable bonds is 6. The molecular weight excluding hydrogens is 198 g/mol. The van der Waals surface area contributed by atoms with E-state index in [9.17, 15) is 14.9 Å². The first-order valence-corrected chi connectivity index (χ1v) is 4.53. The SMILES string of the molecule is O=COCCCc1ccccc1[N+](=O)[O-]. The van der Waals surface area contributed by atoms with Crippen LogP contribution >= 0.6 is 0 Å². The van der Waals surface area contributed by atoms with Crippen molar-refractivity contribution in [1.29, 1.82) is 0 Å². The van der Waals surface area contributed by atoms with Gasteiger partial charge >= 0.3 is 0 Å². The zero-order chi connectivity index (χ0) is 11.1. The number of nitrogens with zero attached hydrogens (tertiary/aromatic N) is 1. The molecule has 5 heteroatoms. The zero-order valence-electron chi connectivity index (χ0n) is 8.09. The van der Waals surface area contributed by atoms with Crippen molar-refractivity contribution in [1.82, 2.24) is 0 Å². The largest absolute Gasteiger partial charge is 0.468 e. The standard InChI is InChI=1S/C10H11NO4/c12-8-15-7-3-5-9-4-1-2-6-10(9)11(13)14/h1-2,4,6,8H,3,5,7H2. The number of hydrogen-bond acceptors (Lipinski definition) is 4. The van der Waals surface area contributed by atoms with E-state index in [1.807, 2.05) is 0 Å². The van der Waals surface area contributed by atoms with Crippen LogP contribution in [0.2, 0.25) is 0 Å². The minimum Gasteiger partial charge on any atom is -0.468 e. The average molecular weight is 209 g/mol. The first-order chi connectivity index (χ1) is 7.25. The summed E-state index contributed by atoms with van der Waals surface area (Å²) in [4.78, 5) is 20.1. The highest BCUT2D eigenvalue weighted by atomic mass is 16.6. The van der Waals surface area contributed by atoms with Gasteiger partial charge in [-0.1, -0.05) is 18.2 Å². The van der Waals surface area contributed by atoms with Crippen LogP contribution in [0.3, 0.4) is 0 Å². The monoisotopic (exact) mass is 209 g/mol. The molecule has 15 heavy (non-hydrogen) atoms. The molecule has 0 N–H and O–H groups in total. The summed E-state index contributed by atoms with van der Waals surface area (Å²) < 4.78 is 4.51. The molecule has 0 aliphatic rings. The molecule has 80 valence electrons. The van der Waals surface area contributed by atoms with Crippen molar-refractivity contribution < 1.29 is 14.5 Å². The summed E-state index contributed by atoms with van der Waals surface area (Å²) >= 11 is 0. The van der Waals surface area contributed by atoms with E-state index in [2.05, 4.69) is 4.74 Å². The molecule has 1 rings (SSSR count). The molecule has 0 aliphatic heterocycles. The maximum Gasteiger partial charge on any atom is 0.293 e. The Kier molecular flexibility index (Phi) is 4.28. The molecule has 5 nitrogen and oxygen atoms in total. The number of carbonyl (C=O) groups is 1. The predicted octanol–water partition coefficient (Wildman–Crippen LogP) is 1.70. The van der Waals surface area contributed by atoms with Crippen LogP contribution in [0.4, 0.5) is 5.69 Å². The highest BCUT2D eigenvalue weighted by molar-refractivity contribution is 5.40. The molecular formula is C10H11NO4. The van der Waals surface area contributed by atoms with E-state index >= 15 is 0 Å². The Morgan fingerprint density at radius 2 is 2.13 bits per heavy atom. The molecule has 0 amide bonds. The molecule has 0 saturated carbocycles. The van der Waals surface area contributed by atoms with E-state index in [0.29, 0.717) is 24.9 Å². The fourth-order valence-corrected chi connectivity index (χ4v) is 1.29. The lowest BCUT2D eigenvalue weighted by Gasteiger charge is -2.01. The van der Waals surface area contributed by atoms with Gasteiger partial charge in [0.2, 0.25) is 0 Å². The summed E-state index contributed by atoms with van der Waals surface area (Å²) in [6.07, 6.45) is 1.12. The van der Waals surface area contributed by atoms with Crippen molar-refractivity contribution in [3.8, 4) is 0 Å². The molecule has 0 aliphatic carbocycles. The highest BCUT2D eigenvalue weighted by Gasteiger charge is 2.11. The summed E-state index contributed by atoms with van der Waals surface area (Å²) in [6, 6.07) is 6.56. The van der Waals surface area contributed by atoms with Gasteiger partial charge in [0.25, 0.3) is 12.2 Å². The summed E-state index contributed by atoms with van der Waals surface area (Å²) in [5.74, 6) is 0. The lowest BCUT2D eigenvalue weighted by Crippen LogP contribution is -1.98. The predicted molar refractivity (Wildman–Crippen MR) is 53.4 cm³/mol. The molecule has 1 aromatic rings. The Labute approximate surface area is 86.8 Å². The average Bonchev–Trinajstić information content (AvgIpc) is 2.25. The van der Waals surface area contributed by atoms with Gasteiger partial charge in [-0.25, -0.2) is 0 Å². The normalized spacial score (nSPS) is 9.60. The van der Waals surface area contributed by atoms with Crippen LogP contribution in [0, 0.1) is 10.1 Å². The summed E-state index contributed by atoms with van der Waals surface area (Å²) in [6.45, 7) is 0.662. The Morgan fingerprint density at radius 3 is 2.80 bits per heavy atom. The number of nitro benzene ring substituents is 1.